The number of H-pyrrole nitrogens is 1. The first-order chi connectivity index (χ1) is 10.5. The summed E-state index contributed by atoms with van der Waals surface area (Å²) in [5.41, 5.74) is 1.90. The molecule has 22 heavy (non-hydrogen) atoms. The number of carbonyl (C=O) groups is 1. The van der Waals surface area contributed by atoms with Crippen molar-refractivity contribution in [2.75, 3.05) is 6.61 Å². The molecule has 2 N–H and O–H groups in total. The zero-order valence-electron chi connectivity index (χ0n) is 13.7. The molecule has 1 heterocycles. The Kier molecular flexibility index (Phi) is 5.55. The van der Waals surface area contributed by atoms with Crippen molar-refractivity contribution >= 4 is 16.9 Å². The molecule has 0 aliphatic rings. The third kappa shape index (κ3) is 4.07. The van der Waals surface area contributed by atoms with Gasteiger partial charge in [0.1, 0.15) is 12.4 Å². The molecule has 0 fully saturated rings. The van der Waals surface area contributed by atoms with Crippen LogP contribution in [0.4, 0.5) is 0 Å². The van der Waals surface area contributed by atoms with Gasteiger partial charge in [-0.05, 0) is 31.9 Å². The molecule has 2 unspecified atom stereocenters. The van der Waals surface area contributed by atoms with Crippen molar-refractivity contribution in [2.24, 2.45) is 5.92 Å². The molecule has 1 aromatic heterocycles. The van der Waals surface area contributed by atoms with Crippen LogP contribution in [-0.2, 0) is 9.53 Å². The standard InChI is InChI=1S/C17H25N3O2/c1-5-12(4)16(20-15(21)10-22-11(2)3)17-18-13-8-6-7-9-14(13)19-17/h6-9,11-12,16H,5,10H2,1-4H3,(H,18,19)(H,20,21). The van der Waals surface area contributed by atoms with E-state index in [0.29, 0.717) is 0 Å². The number of aromatic nitrogens is 2. The highest BCUT2D eigenvalue weighted by molar-refractivity contribution is 5.78. The van der Waals surface area contributed by atoms with Gasteiger partial charge in [0.2, 0.25) is 5.91 Å². The Bertz CT molecular complexity index is 588. The smallest absolute Gasteiger partial charge is 0.246 e. The van der Waals surface area contributed by atoms with Gasteiger partial charge in [-0.3, -0.25) is 4.79 Å². The molecule has 1 amide bonds. The number of hydrogen-bond acceptors (Lipinski definition) is 3. The number of fused-ring (bicyclic) bond motifs is 1. The van der Waals surface area contributed by atoms with Crippen molar-refractivity contribution in [1.82, 2.24) is 15.3 Å². The average molecular weight is 303 g/mol. The van der Waals surface area contributed by atoms with Gasteiger partial charge in [-0.15, -0.1) is 0 Å². The van der Waals surface area contributed by atoms with Gasteiger partial charge in [0.15, 0.2) is 0 Å². The summed E-state index contributed by atoms with van der Waals surface area (Å²) in [6.45, 7) is 8.13. The highest BCUT2D eigenvalue weighted by atomic mass is 16.5. The first-order valence-electron chi connectivity index (χ1n) is 7.86. The number of hydrogen-bond donors (Lipinski definition) is 2. The molecular weight excluding hydrogens is 278 g/mol. The summed E-state index contributed by atoms with van der Waals surface area (Å²) in [6.07, 6.45) is 0.992. The van der Waals surface area contributed by atoms with Crippen LogP contribution in [0.15, 0.2) is 24.3 Å². The number of imidazole rings is 1. The second-order valence-electron chi connectivity index (χ2n) is 5.93. The number of carbonyl (C=O) groups excluding carboxylic acids is 1. The lowest BCUT2D eigenvalue weighted by Crippen LogP contribution is -2.36. The maximum absolute atomic E-state index is 12.1. The lowest BCUT2D eigenvalue weighted by atomic mass is 9.98. The molecule has 0 saturated carbocycles. The minimum atomic E-state index is -0.138. The van der Waals surface area contributed by atoms with Crippen molar-refractivity contribution < 1.29 is 9.53 Å². The zero-order chi connectivity index (χ0) is 16.1. The van der Waals surface area contributed by atoms with Gasteiger partial charge < -0.3 is 15.0 Å². The Morgan fingerprint density at radius 2 is 2.05 bits per heavy atom. The fraction of sp³-hybridized carbons (Fsp3) is 0.529. The summed E-state index contributed by atoms with van der Waals surface area (Å²) >= 11 is 0. The molecule has 0 saturated heterocycles. The number of benzene rings is 1. The molecule has 5 heteroatoms. The molecule has 0 spiro atoms. The SMILES string of the molecule is CCC(C)C(NC(=O)COC(C)C)c1nc2ccccc2[nH]1. The van der Waals surface area contributed by atoms with Crippen molar-refractivity contribution in [1.29, 1.82) is 0 Å². The first-order valence-corrected chi connectivity index (χ1v) is 7.86. The van der Waals surface area contributed by atoms with Gasteiger partial charge >= 0.3 is 0 Å². The Hall–Kier alpha value is -1.88. The van der Waals surface area contributed by atoms with E-state index in [9.17, 15) is 4.79 Å². The normalized spacial score (nSPS) is 14.2. The van der Waals surface area contributed by atoms with Crippen LogP contribution in [0.2, 0.25) is 0 Å². The number of nitrogens with one attached hydrogen (secondary N) is 2. The number of amides is 1. The van der Waals surface area contributed by atoms with Crippen LogP contribution < -0.4 is 5.32 Å². The Morgan fingerprint density at radius 1 is 1.32 bits per heavy atom. The van der Waals surface area contributed by atoms with E-state index >= 15 is 0 Å². The summed E-state index contributed by atoms with van der Waals surface area (Å²) in [5.74, 6) is 0.969. The van der Waals surface area contributed by atoms with Crippen LogP contribution in [0, 0.1) is 5.92 Å². The van der Waals surface area contributed by atoms with E-state index < -0.39 is 0 Å². The van der Waals surface area contributed by atoms with E-state index in [-0.39, 0.29) is 30.6 Å². The van der Waals surface area contributed by atoms with Crippen molar-refractivity contribution in [2.45, 2.75) is 46.3 Å². The van der Waals surface area contributed by atoms with E-state index in [1.165, 1.54) is 0 Å². The third-order valence-corrected chi connectivity index (χ3v) is 3.78. The average Bonchev–Trinajstić information content (AvgIpc) is 2.93. The third-order valence-electron chi connectivity index (χ3n) is 3.78. The fourth-order valence-corrected chi connectivity index (χ4v) is 2.29. The van der Waals surface area contributed by atoms with Crippen molar-refractivity contribution in [3.63, 3.8) is 0 Å². The quantitative estimate of drug-likeness (QED) is 0.825. The van der Waals surface area contributed by atoms with Crippen molar-refractivity contribution in [3.05, 3.63) is 30.1 Å². The zero-order valence-corrected chi connectivity index (χ0v) is 13.7. The molecule has 2 rings (SSSR count). The number of para-hydroxylation sites is 2. The predicted molar refractivity (Wildman–Crippen MR) is 87.5 cm³/mol. The molecule has 0 radical (unpaired) electrons. The maximum Gasteiger partial charge on any atom is 0.246 e. The minimum Gasteiger partial charge on any atom is -0.369 e. The first kappa shape index (κ1) is 16.5. The number of aromatic amines is 1. The summed E-state index contributed by atoms with van der Waals surface area (Å²) < 4.78 is 5.37. The lowest BCUT2D eigenvalue weighted by Gasteiger charge is -2.22. The van der Waals surface area contributed by atoms with Crippen LogP contribution >= 0.6 is 0 Å². The topological polar surface area (TPSA) is 67.0 Å². The minimum absolute atomic E-state index is 0.0407. The van der Waals surface area contributed by atoms with Gasteiger partial charge in [0.05, 0.1) is 23.2 Å². The van der Waals surface area contributed by atoms with E-state index in [4.69, 9.17) is 4.74 Å². The van der Waals surface area contributed by atoms with E-state index in [1.807, 2.05) is 38.1 Å². The number of rotatable bonds is 7. The van der Waals surface area contributed by atoms with Crippen LogP contribution in [0.5, 0.6) is 0 Å². The van der Waals surface area contributed by atoms with Gasteiger partial charge in [-0.2, -0.15) is 0 Å². The van der Waals surface area contributed by atoms with Gasteiger partial charge in [0.25, 0.3) is 0 Å². The van der Waals surface area contributed by atoms with Gasteiger partial charge in [0, 0.05) is 0 Å². The summed E-state index contributed by atoms with van der Waals surface area (Å²) in [5, 5.41) is 3.04. The summed E-state index contributed by atoms with van der Waals surface area (Å²) in [4.78, 5) is 20.0. The monoisotopic (exact) mass is 303 g/mol. The van der Waals surface area contributed by atoms with Crippen LogP contribution in [0.3, 0.4) is 0 Å². The van der Waals surface area contributed by atoms with Gasteiger partial charge in [-0.25, -0.2) is 4.98 Å². The molecule has 1 aromatic carbocycles. The molecule has 5 nitrogen and oxygen atoms in total. The second kappa shape index (κ2) is 7.40. The fourth-order valence-electron chi connectivity index (χ4n) is 2.29. The van der Waals surface area contributed by atoms with Crippen LogP contribution in [0.1, 0.15) is 46.0 Å². The second-order valence-corrected chi connectivity index (χ2v) is 5.93. The maximum atomic E-state index is 12.1. The van der Waals surface area contributed by atoms with E-state index in [2.05, 4.69) is 29.1 Å². The molecule has 0 aliphatic heterocycles. The molecular formula is C17H25N3O2. The lowest BCUT2D eigenvalue weighted by molar-refractivity contribution is -0.128. The molecule has 0 bridgehead atoms. The van der Waals surface area contributed by atoms with Crippen LogP contribution in [0.25, 0.3) is 11.0 Å². The summed E-state index contributed by atoms with van der Waals surface area (Å²) in [7, 11) is 0. The Balaban J connectivity index is 2.17. The molecule has 120 valence electrons. The summed E-state index contributed by atoms with van der Waals surface area (Å²) in [6, 6.07) is 7.74. The van der Waals surface area contributed by atoms with Crippen molar-refractivity contribution in [3.8, 4) is 0 Å². The van der Waals surface area contributed by atoms with E-state index in [1.54, 1.807) is 0 Å². The van der Waals surface area contributed by atoms with E-state index in [0.717, 1.165) is 23.3 Å². The highest BCUT2D eigenvalue weighted by Gasteiger charge is 2.23. The Morgan fingerprint density at radius 3 is 2.68 bits per heavy atom. The molecule has 2 aromatic rings. The largest absolute Gasteiger partial charge is 0.369 e. The number of nitrogens with zero attached hydrogens (tertiary/aromatic N) is 1. The Labute approximate surface area is 131 Å². The number of ether oxygens (including phenoxy) is 1. The molecule has 0 aliphatic carbocycles. The van der Waals surface area contributed by atoms with Crippen LogP contribution in [-0.4, -0.2) is 28.6 Å². The highest BCUT2D eigenvalue weighted by Crippen LogP contribution is 2.24. The van der Waals surface area contributed by atoms with Gasteiger partial charge in [-0.1, -0.05) is 32.4 Å². The molecule has 2 atom stereocenters. The predicted octanol–water partition coefficient (Wildman–Crippen LogP) is 3.19.